The molecule has 12 heteroatoms. The summed E-state index contributed by atoms with van der Waals surface area (Å²) in [4.78, 5) is 51.4. The minimum Gasteiger partial charge on any atom is -0.479 e. The third kappa shape index (κ3) is 47.6. The Bertz CT molecular complexity index is 1810. The average Bonchev–Trinajstić information content (AvgIpc) is 3.59. The van der Waals surface area contributed by atoms with Crippen molar-refractivity contribution < 1.29 is 58.2 Å². The molecule has 83 heavy (non-hydrogen) atoms. The van der Waals surface area contributed by atoms with E-state index in [0.717, 1.165) is 161 Å². The maximum absolute atomic E-state index is 13.2. The van der Waals surface area contributed by atoms with Crippen molar-refractivity contribution in [3.05, 3.63) is 97.2 Å². The Morgan fingerprint density at radius 3 is 1.17 bits per heavy atom. The van der Waals surface area contributed by atoms with Crippen LogP contribution in [0.4, 0.5) is 0 Å². The number of carbonyl (C=O) groups excluding carboxylic acids is 3. The van der Waals surface area contributed by atoms with E-state index in [4.69, 9.17) is 23.7 Å². The van der Waals surface area contributed by atoms with Crippen molar-refractivity contribution in [2.24, 2.45) is 0 Å². The quantitative estimate of drug-likeness (QED) is 0.0228. The summed E-state index contributed by atoms with van der Waals surface area (Å²) in [5.74, 6) is -3.15. The molecule has 6 unspecified atom stereocenters. The molecule has 1 saturated heterocycles. The Kier molecular flexibility index (Phi) is 53.6. The molecule has 0 aromatic heterocycles. The molecule has 0 bridgehead atoms. The number of ether oxygens (including phenoxy) is 5. The monoisotopic (exact) mass is 1160 g/mol. The van der Waals surface area contributed by atoms with Crippen LogP contribution in [0, 0.1) is 0 Å². The van der Waals surface area contributed by atoms with E-state index >= 15 is 0 Å². The molecule has 0 radical (unpaired) electrons. The van der Waals surface area contributed by atoms with Crippen LogP contribution in [0.1, 0.15) is 278 Å². The molecule has 1 aliphatic rings. The van der Waals surface area contributed by atoms with Crippen molar-refractivity contribution in [3.63, 3.8) is 0 Å². The van der Waals surface area contributed by atoms with Crippen molar-refractivity contribution in [3.8, 4) is 0 Å². The molecular weight excluding hydrogens is 1040 g/mol. The number of carboxylic acid groups (broad SMARTS) is 1. The van der Waals surface area contributed by atoms with E-state index in [0.29, 0.717) is 19.3 Å². The van der Waals surface area contributed by atoms with Crippen LogP contribution in [0.25, 0.3) is 0 Å². The summed E-state index contributed by atoms with van der Waals surface area (Å²) in [5, 5.41) is 31.6. The van der Waals surface area contributed by atoms with Gasteiger partial charge in [0, 0.05) is 19.3 Å². The third-order valence-corrected chi connectivity index (χ3v) is 14.6. The number of unbranched alkanes of at least 4 members (excludes halogenated alkanes) is 26. The molecule has 12 nitrogen and oxygen atoms in total. The molecule has 1 rings (SSSR count). The van der Waals surface area contributed by atoms with E-state index in [1.807, 2.05) is 0 Å². The van der Waals surface area contributed by atoms with E-state index < -0.39 is 67.3 Å². The van der Waals surface area contributed by atoms with Crippen molar-refractivity contribution >= 4 is 23.9 Å². The normalized spacial score (nSPS) is 18.2. The second-order valence-corrected chi connectivity index (χ2v) is 22.3. The Hall–Kier alpha value is -4.36. The number of hydrogen-bond acceptors (Lipinski definition) is 11. The van der Waals surface area contributed by atoms with Gasteiger partial charge < -0.3 is 39.0 Å². The highest BCUT2D eigenvalue weighted by Crippen LogP contribution is 2.27. The molecule has 0 aromatic rings. The minimum absolute atomic E-state index is 0.0440. The molecule has 474 valence electrons. The Labute approximate surface area is 504 Å². The van der Waals surface area contributed by atoms with Gasteiger partial charge in [-0.3, -0.25) is 14.4 Å². The first-order valence-corrected chi connectivity index (χ1v) is 33.2. The van der Waals surface area contributed by atoms with Gasteiger partial charge in [0.25, 0.3) is 0 Å². The number of aliphatic hydroxyl groups excluding tert-OH is 2. The Morgan fingerprint density at radius 1 is 0.410 bits per heavy atom. The summed E-state index contributed by atoms with van der Waals surface area (Å²) < 4.78 is 28.6. The number of aliphatic hydroxyl groups is 2. The highest BCUT2D eigenvalue weighted by atomic mass is 16.7. The van der Waals surface area contributed by atoms with E-state index in [9.17, 15) is 34.5 Å². The van der Waals surface area contributed by atoms with Crippen LogP contribution in [-0.4, -0.2) is 89.2 Å². The lowest BCUT2D eigenvalue weighted by Gasteiger charge is -2.40. The van der Waals surface area contributed by atoms with Crippen LogP contribution in [0.2, 0.25) is 0 Å². The highest BCUT2D eigenvalue weighted by Gasteiger charge is 2.50. The largest absolute Gasteiger partial charge is 0.479 e. The molecule has 0 saturated carbocycles. The second-order valence-electron chi connectivity index (χ2n) is 22.3. The lowest BCUT2D eigenvalue weighted by Crippen LogP contribution is -2.61. The third-order valence-electron chi connectivity index (χ3n) is 14.6. The number of allylic oxidation sites excluding steroid dienone is 16. The van der Waals surface area contributed by atoms with Crippen LogP contribution >= 0.6 is 0 Å². The molecule has 0 aliphatic carbocycles. The van der Waals surface area contributed by atoms with E-state index in [1.54, 1.807) is 0 Å². The number of esters is 3. The van der Waals surface area contributed by atoms with Gasteiger partial charge in [0.1, 0.15) is 18.8 Å². The lowest BCUT2D eigenvalue weighted by molar-refractivity contribution is -0.301. The fraction of sp³-hybridized carbons (Fsp3) is 0.718. The first kappa shape index (κ1) is 76.7. The molecule has 0 aromatic carbocycles. The highest BCUT2D eigenvalue weighted by molar-refractivity contribution is 5.74. The van der Waals surface area contributed by atoms with Gasteiger partial charge in [-0.05, 0) is 116 Å². The van der Waals surface area contributed by atoms with Gasteiger partial charge in [-0.2, -0.15) is 0 Å². The molecular formula is C71H118O12. The maximum atomic E-state index is 13.2. The van der Waals surface area contributed by atoms with Crippen molar-refractivity contribution in [2.75, 3.05) is 13.2 Å². The molecule has 1 heterocycles. The van der Waals surface area contributed by atoms with Crippen molar-refractivity contribution in [2.45, 2.75) is 314 Å². The molecule has 6 atom stereocenters. The first-order valence-electron chi connectivity index (χ1n) is 33.2. The number of aliphatic carboxylic acids is 1. The van der Waals surface area contributed by atoms with Gasteiger partial charge in [0.15, 0.2) is 24.6 Å². The zero-order valence-electron chi connectivity index (χ0n) is 52.4. The van der Waals surface area contributed by atoms with E-state index in [2.05, 4.69) is 118 Å². The molecule has 0 amide bonds. The summed E-state index contributed by atoms with van der Waals surface area (Å²) in [6, 6.07) is 0. The van der Waals surface area contributed by atoms with Crippen molar-refractivity contribution in [1.82, 2.24) is 0 Å². The van der Waals surface area contributed by atoms with Crippen LogP contribution < -0.4 is 0 Å². The summed E-state index contributed by atoms with van der Waals surface area (Å²) >= 11 is 0. The van der Waals surface area contributed by atoms with Gasteiger partial charge in [-0.15, -0.1) is 0 Å². The fourth-order valence-electron chi connectivity index (χ4n) is 9.60. The van der Waals surface area contributed by atoms with Gasteiger partial charge >= 0.3 is 23.9 Å². The average molecular weight is 1160 g/mol. The lowest BCUT2D eigenvalue weighted by atomic mass is 9.98. The fourth-order valence-corrected chi connectivity index (χ4v) is 9.60. The zero-order valence-corrected chi connectivity index (χ0v) is 52.4. The van der Waals surface area contributed by atoms with Crippen LogP contribution in [0.5, 0.6) is 0 Å². The van der Waals surface area contributed by atoms with E-state index in [1.165, 1.54) is 57.8 Å². The van der Waals surface area contributed by atoms with Crippen LogP contribution in [0.15, 0.2) is 97.2 Å². The minimum atomic E-state index is -1.91. The topological polar surface area (TPSA) is 175 Å². The molecule has 0 spiro atoms. The summed E-state index contributed by atoms with van der Waals surface area (Å²) in [5.41, 5.74) is 0. The smallest absolute Gasteiger partial charge is 0.335 e. The summed E-state index contributed by atoms with van der Waals surface area (Å²) in [6.07, 6.45) is 65.0. The van der Waals surface area contributed by atoms with Gasteiger partial charge in [-0.25, -0.2) is 4.79 Å². The van der Waals surface area contributed by atoms with Crippen molar-refractivity contribution in [1.29, 1.82) is 0 Å². The number of carboxylic acids is 1. The van der Waals surface area contributed by atoms with Gasteiger partial charge in [0.2, 0.25) is 0 Å². The SMILES string of the molecule is CC/C=C\C/C=C\C/C=C\C/C=C\CCCCCCCCC(=O)OCC(COC1OC(C(=O)O)C(O)C(O)C1OC(=O)CCCCCCCCC/C=C\C/C=C\C/C=C\CC)OC(=O)CCCCCCCCC/C=C\CCCCCCCC. The standard InChI is InChI=1S/C71H118O12/c1-4-7-10-13-16-19-22-25-28-31-32-35-36-39-42-45-48-51-54-57-63(72)79-60-62(81-64(73)58-55-52-49-46-43-40-37-33-29-26-23-20-17-14-11-8-5-2)61-80-71-69(67(76)66(75)68(83-71)70(77)78)82-65(74)59-56-53-50-47-44-41-38-34-30-27-24-21-18-15-12-9-6-3/h7,9-10,12,16,18-19,21,25-30,32,35,62,66-69,71,75-76H,4-6,8,11,13-15,17,20,22-24,31,33-34,36-61H2,1-3H3,(H,77,78)/b10-7-,12-9-,19-16-,21-18-,28-25-,29-26-,30-27-,35-32-. The predicted molar refractivity (Wildman–Crippen MR) is 340 cm³/mol. The maximum Gasteiger partial charge on any atom is 0.335 e. The Morgan fingerprint density at radius 2 is 0.759 bits per heavy atom. The summed E-state index contributed by atoms with van der Waals surface area (Å²) in [6.45, 7) is 5.78. The first-order chi connectivity index (χ1) is 40.6. The number of carbonyl (C=O) groups is 4. The predicted octanol–water partition coefficient (Wildman–Crippen LogP) is 18.0. The zero-order chi connectivity index (χ0) is 60.3. The molecule has 1 fully saturated rings. The summed E-state index contributed by atoms with van der Waals surface area (Å²) in [7, 11) is 0. The number of hydrogen-bond donors (Lipinski definition) is 3. The van der Waals surface area contributed by atoms with Crippen LogP contribution in [0.3, 0.4) is 0 Å². The Balaban J connectivity index is 2.67. The van der Waals surface area contributed by atoms with Gasteiger partial charge in [0.05, 0.1) is 6.61 Å². The second kappa shape index (κ2) is 58.0. The molecule has 3 N–H and O–H groups in total. The number of rotatable bonds is 56. The molecule has 1 aliphatic heterocycles. The van der Waals surface area contributed by atoms with Gasteiger partial charge in [-0.1, -0.05) is 240 Å². The van der Waals surface area contributed by atoms with Crippen LogP contribution in [-0.2, 0) is 42.9 Å². The van der Waals surface area contributed by atoms with E-state index in [-0.39, 0.29) is 25.9 Å².